The van der Waals surface area contributed by atoms with Crippen molar-refractivity contribution in [3.05, 3.63) is 10.6 Å². The van der Waals surface area contributed by atoms with Crippen molar-refractivity contribution >= 4 is 35.1 Å². The molecule has 0 bridgehead atoms. The predicted molar refractivity (Wildman–Crippen MR) is 72.1 cm³/mol. The topological polar surface area (TPSA) is 97.0 Å². The van der Waals surface area contributed by atoms with E-state index in [0.29, 0.717) is 12.5 Å². The molecule has 1 aromatic rings. The lowest BCUT2D eigenvalue weighted by molar-refractivity contribution is -0.119. The lowest BCUT2D eigenvalue weighted by Crippen LogP contribution is -2.43. The number of rotatable bonds is 4. The summed E-state index contributed by atoms with van der Waals surface area (Å²) < 4.78 is 0. The lowest BCUT2D eigenvalue weighted by Gasteiger charge is -2.31. The van der Waals surface area contributed by atoms with Crippen LogP contribution < -0.4 is 11.1 Å². The third-order valence-electron chi connectivity index (χ3n) is 2.88. The van der Waals surface area contributed by atoms with Crippen molar-refractivity contribution in [1.82, 2.24) is 19.9 Å². The average molecular weight is 305 g/mol. The summed E-state index contributed by atoms with van der Waals surface area (Å²) in [5.74, 6) is 0.0702. The van der Waals surface area contributed by atoms with Gasteiger partial charge in [0.1, 0.15) is 0 Å². The SMILES string of the molecule is NC(=O)CN1CCC(Nc2nc(Cl)nc(Cl)n2)CC1. The first-order valence-electron chi connectivity index (χ1n) is 5.87. The molecule has 9 heteroatoms. The number of hydrogen-bond donors (Lipinski definition) is 2. The molecule has 0 aliphatic carbocycles. The van der Waals surface area contributed by atoms with Crippen LogP contribution >= 0.6 is 23.2 Å². The van der Waals surface area contributed by atoms with Crippen LogP contribution in [0.2, 0.25) is 10.6 Å². The number of carbonyl (C=O) groups excluding carboxylic acids is 1. The molecule has 1 aliphatic rings. The number of nitrogens with two attached hydrogens (primary N) is 1. The summed E-state index contributed by atoms with van der Waals surface area (Å²) in [6.45, 7) is 1.90. The molecule has 1 aliphatic heterocycles. The van der Waals surface area contributed by atoms with E-state index in [0.717, 1.165) is 25.9 Å². The summed E-state index contributed by atoms with van der Waals surface area (Å²) in [6, 6.07) is 0.221. The molecule has 0 unspecified atom stereocenters. The minimum Gasteiger partial charge on any atom is -0.369 e. The van der Waals surface area contributed by atoms with E-state index in [1.165, 1.54) is 0 Å². The summed E-state index contributed by atoms with van der Waals surface area (Å²) in [7, 11) is 0. The first-order chi connectivity index (χ1) is 9.02. The molecule has 0 spiro atoms. The van der Waals surface area contributed by atoms with Crippen LogP contribution in [0.4, 0.5) is 5.95 Å². The highest BCUT2D eigenvalue weighted by atomic mass is 35.5. The second-order valence-electron chi connectivity index (χ2n) is 4.36. The fraction of sp³-hybridized carbons (Fsp3) is 0.600. The Kier molecular flexibility index (Phi) is 4.73. The van der Waals surface area contributed by atoms with Gasteiger partial charge in [0.25, 0.3) is 0 Å². The highest BCUT2D eigenvalue weighted by Gasteiger charge is 2.20. The molecule has 0 radical (unpaired) electrons. The van der Waals surface area contributed by atoms with E-state index < -0.39 is 0 Å². The Morgan fingerprint density at radius 1 is 1.26 bits per heavy atom. The number of piperidine rings is 1. The fourth-order valence-electron chi connectivity index (χ4n) is 2.03. The van der Waals surface area contributed by atoms with Crippen molar-refractivity contribution < 1.29 is 4.79 Å². The van der Waals surface area contributed by atoms with Crippen LogP contribution in [0.3, 0.4) is 0 Å². The Balaban J connectivity index is 1.86. The zero-order valence-electron chi connectivity index (χ0n) is 10.1. The summed E-state index contributed by atoms with van der Waals surface area (Å²) in [5.41, 5.74) is 5.16. The van der Waals surface area contributed by atoms with Gasteiger partial charge in [-0.05, 0) is 36.0 Å². The number of halogens is 2. The molecule has 104 valence electrons. The number of nitrogens with zero attached hydrogens (tertiary/aromatic N) is 4. The zero-order chi connectivity index (χ0) is 13.8. The maximum atomic E-state index is 10.8. The number of carbonyl (C=O) groups is 1. The number of hydrogen-bond acceptors (Lipinski definition) is 6. The van der Waals surface area contributed by atoms with Gasteiger partial charge in [-0.2, -0.15) is 15.0 Å². The van der Waals surface area contributed by atoms with E-state index in [1.54, 1.807) is 0 Å². The van der Waals surface area contributed by atoms with Crippen molar-refractivity contribution in [2.45, 2.75) is 18.9 Å². The van der Waals surface area contributed by atoms with Crippen LogP contribution in [0.25, 0.3) is 0 Å². The zero-order valence-corrected chi connectivity index (χ0v) is 11.7. The van der Waals surface area contributed by atoms with E-state index in [9.17, 15) is 4.79 Å². The van der Waals surface area contributed by atoms with Crippen LogP contribution in [-0.4, -0.2) is 51.4 Å². The second-order valence-corrected chi connectivity index (χ2v) is 5.03. The molecule has 0 saturated carbocycles. The maximum absolute atomic E-state index is 10.8. The standard InChI is InChI=1S/C10H14Cl2N6O/c11-8-15-9(12)17-10(16-8)14-6-1-3-18(4-2-6)5-7(13)19/h6H,1-5H2,(H2,13,19)(H,14,15,16,17). The highest BCUT2D eigenvalue weighted by molar-refractivity contribution is 6.31. The smallest absolute Gasteiger partial charge is 0.231 e. The van der Waals surface area contributed by atoms with Gasteiger partial charge in [-0.15, -0.1) is 0 Å². The Hall–Kier alpha value is -1.18. The molecule has 3 N–H and O–H groups in total. The van der Waals surface area contributed by atoms with Gasteiger partial charge < -0.3 is 11.1 Å². The van der Waals surface area contributed by atoms with Gasteiger partial charge in [0.15, 0.2) is 0 Å². The summed E-state index contributed by atoms with van der Waals surface area (Å²) in [4.78, 5) is 24.4. The van der Waals surface area contributed by atoms with Gasteiger partial charge in [0, 0.05) is 19.1 Å². The summed E-state index contributed by atoms with van der Waals surface area (Å²) in [6.07, 6.45) is 1.74. The van der Waals surface area contributed by atoms with Gasteiger partial charge in [-0.1, -0.05) is 0 Å². The van der Waals surface area contributed by atoms with E-state index in [1.807, 2.05) is 4.90 Å². The maximum Gasteiger partial charge on any atom is 0.231 e. The van der Waals surface area contributed by atoms with Gasteiger partial charge in [0.05, 0.1) is 6.54 Å². The second kappa shape index (κ2) is 6.31. The van der Waals surface area contributed by atoms with E-state index in [2.05, 4.69) is 20.3 Å². The van der Waals surface area contributed by atoms with E-state index in [-0.39, 0.29) is 22.5 Å². The number of likely N-dealkylation sites (tertiary alicyclic amines) is 1. The molecule has 1 amide bonds. The Morgan fingerprint density at radius 3 is 2.37 bits per heavy atom. The molecule has 2 rings (SSSR count). The van der Waals surface area contributed by atoms with Crippen molar-refractivity contribution in [2.24, 2.45) is 5.73 Å². The van der Waals surface area contributed by atoms with Crippen LogP contribution in [0, 0.1) is 0 Å². The fourth-order valence-corrected chi connectivity index (χ4v) is 2.39. The monoisotopic (exact) mass is 304 g/mol. The van der Waals surface area contributed by atoms with Crippen LogP contribution in [0.1, 0.15) is 12.8 Å². The first kappa shape index (κ1) is 14.2. The normalized spacial score (nSPS) is 17.4. The molecule has 1 aromatic heterocycles. The van der Waals surface area contributed by atoms with Crippen molar-refractivity contribution in [3.63, 3.8) is 0 Å². The molecule has 0 aromatic carbocycles. The number of primary amides is 1. The van der Waals surface area contributed by atoms with Crippen molar-refractivity contribution in [1.29, 1.82) is 0 Å². The third kappa shape index (κ3) is 4.45. The largest absolute Gasteiger partial charge is 0.369 e. The number of anilines is 1. The van der Waals surface area contributed by atoms with Crippen LogP contribution in [-0.2, 0) is 4.79 Å². The Bertz CT molecular complexity index is 443. The Morgan fingerprint density at radius 2 is 1.84 bits per heavy atom. The molecule has 1 saturated heterocycles. The van der Waals surface area contributed by atoms with E-state index in [4.69, 9.17) is 28.9 Å². The van der Waals surface area contributed by atoms with Crippen LogP contribution in [0.15, 0.2) is 0 Å². The summed E-state index contributed by atoms with van der Waals surface area (Å²) >= 11 is 11.4. The minimum atomic E-state index is -0.303. The Labute approximate surface area is 120 Å². The van der Waals surface area contributed by atoms with Gasteiger partial charge in [0.2, 0.25) is 22.4 Å². The minimum absolute atomic E-state index is 0.0636. The number of amides is 1. The quantitative estimate of drug-likeness (QED) is 0.842. The molecular weight excluding hydrogens is 291 g/mol. The molecular formula is C10H14Cl2N6O. The van der Waals surface area contributed by atoms with Gasteiger partial charge >= 0.3 is 0 Å². The molecule has 1 fully saturated rings. The van der Waals surface area contributed by atoms with Crippen molar-refractivity contribution in [2.75, 3.05) is 25.0 Å². The molecule has 19 heavy (non-hydrogen) atoms. The van der Waals surface area contributed by atoms with Gasteiger partial charge in [-0.25, -0.2) is 0 Å². The number of nitrogens with one attached hydrogen (secondary N) is 1. The lowest BCUT2D eigenvalue weighted by atomic mass is 10.1. The third-order valence-corrected chi connectivity index (χ3v) is 3.22. The van der Waals surface area contributed by atoms with E-state index >= 15 is 0 Å². The molecule has 7 nitrogen and oxygen atoms in total. The predicted octanol–water partition coefficient (Wildman–Crippen LogP) is 0.540. The molecule has 0 atom stereocenters. The molecule has 2 heterocycles. The van der Waals surface area contributed by atoms with Gasteiger partial charge in [-0.3, -0.25) is 9.69 Å². The number of aromatic nitrogens is 3. The summed E-state index contributed by atoms with van der Waals surface area (Å²) in [5, 5.41) is 3.29. The average Bonchev–Trinajstić information content (AvgIpc) is 2.29. The highest BCUT2D eigenvalue weighted by Crippen LogP contribution is 2.16. The van der Waals surface area contributed by atoms with Crippen LogP contribution in [0.5, 0.6) is 0 Å². The van der Waals surface area contributed by atoms with Crippen molar-refractivity contribution in [3.8, 4) is 0 Å². The first-order valence-corrected chi connectivity index (χ1v) is 6.63.